The number of rotatable bonds is 5. The second-order valence-electron chi connectivity index (χ2n) is 4.49. The number of nitrogens with zero attached hydrogens (tertiary/aromatic N) is 3. The van der Waals surface area contributed by atoms with Gasteiger partial charge in [-0.3, -0.25) is 4.90 Å². The molecule has 1 unspecified atom stereocenters. The van der Waals surface area contributed by atoms with Crippen LogP contribution >= 0.6 is 0 Å². The van der Waals surface area contributed by atoms with E-state index in [-0.39, 0.29) is 6.10 Å². The molecule has 1 aromatic rings. The molecule has 1 N–H and O–H groups in total. The number of anilines is 1. The molecule has 1 saturated heterocycles. The zero-order valence-electron chi connectivity index (χ0n) is 11.2. The van der Waals surface area contributed by atoms with Crippen LogP contribution in [0.4, 0.5) is 5.82 Å². The minimum Gasteiger partial charge on any atom is -0.370 e. The van der Waals surface area contributed by atoms with Crippen LogP contribution in [0.1, 0.15) is 32.2 Å². The lowest BCUT2D eigenvalue weighted by molar-refractivity contribution is -0.0341. The van der Waals surface area contributed by atoms with Crippen LogP contribution in [0.3, 0.4) is 0 Å². The molecular weight excluding hydrogens is 228 g/mol. The van der Waals surface area contributed by atoms with Gasteiger partial charge in [-0.1, -0.05) is 6.92 Å². The largest absolute Gasteiger partial charge is 0.370 e. The number of aromatic nitrogens is 2. The highest BCUT2D eigenvalue weighted by atomic mass is 16.5. The van der Waals surface area contributed by atoms with Crippen molar-refractivity contribution in [3.63, 3.8) is 0 Å². The molecule has 0 bridgehead atoms. The Morgan fingerprint density at radius 1 is 1.50 bits per heavy atom. The molecule has 1 fully saturated rings. The van der Waals surface area contributed by atoms with Crippen molar-refractivity contribution in [3.8, 4) is 0 Å². The van der Waals surface area contributed by atoms with Crippen molar-refractivity contribution in [3.05, 3.63) is 18.1 Å². The van der Waals surface area contributed by atoms with E-state index in [9.17, 15) is 0 Å². The predicted octanol–water partition coefficient (Wildman–Crippen LogP) is 1.69. The Morgan fingerprint density at radius 2 is 2.39 bits per heavy atom. The van der Waals surface area contributed by atoms with Crippen molar-refractivity contribution in [2.24, 2.45) is 0 Å². The summed E-state index contributed by atoms with van der Waals surface area (Å²) in [5, 5.41) is 3.20. The lowest BCUT2D eigenvalue weighted by Crippen LogP contribution is -2.39. The third-order valence-electron chi connectivity index (χ3n) is 3.01. The summed E-state index contributed by atoms with van der Waals surface area (Å²) >= 11 is 0. The molecule has 18 heavy (non-hydrogen) atoms. The molecule has 0 spiro atoms. The van der Waals surface area contributed by atoms with E-state index >= 15 is 0 Å². The highest BCUT2D eigenvalue weighted by Gasteiger charge is 2.23. The van der Waals surface area contributed by atoms with E-state index in [4.69, 9.17) is 4.74 Å². The second kappa shape index (κ2) is 6.66. The van der Waals surface area contributed by atoms with Crippen molar-refractivity contribution in [1.29, 1.82) is 0 Å². The fourth-order valence-corrected chi connectivity index (χ4v) is 2.19. The minimum atomic E-state index is 0.00362. The molecular formula is C13H22N4O. The topological polar surface area (TPSA) is 50.3 Å². The van der Waals surface area contributed by atoms with Gasteiger partial charge in [0, 0.05) is 25.8 Å². The van der Waals surface area contributed by atoms with Crippen molar-refractivity contribution in [1.82, 2.24) is 14.9 Å². The Morgan fingerprint density at radius 3 is 3.17 bits per heavy atom. The number of nitrogens with one attached hydrogen (secondary N) is 1. The van der Waals surface area contributed by atoms with Gasteiger partial charge in [-0.15, -0.1) is 0 Å². The first-order valence-corrected chi connectivity index (χ1v) is 6.74. The Hall–Kier alpha value is -1.20. The van der Waals surface area contributed by atoms with Crippen molar-refractivity contribution in [2.45, 2.75) is 26.4 Å². The number of hydrogen-bond acceptors (Lipinski definition) is 5. The van der Waals surface area contributed by atoms with Gasteiger partial charge in [0.05, 0.1) is 6.61 Å². The zero-order valence-corrected chi connectivity index (χ0v) is 11.2. The molecule has 1 aromatic heterocycles. The molecule has 1 aliphatic rings. The predicted molar refractivity (Wildman–Crippen MR) is 71.6 cm³/mol. The average molecular weight is 250 g/mol. The van der Waals surface area contributed by atoms with Gasteiger partial charge in [0.25, 0.3) is 0 Å². The van der Waals surface area contributed by atoms with Gasteiger partial charge in [0.1, 0.15) is 11.9 Å². The summed E-state index contributed by atoms with van der Waals surface area (Å²) in [4.78, 5) is 11.3. The van der Waals surface area contributed by atoms with Crippen LogP contribution in [0, 0.1) is 0 Å². The molecule has 0 amide bonds. The van der Waals surface area contributed by atoms with E-state index in [1.165, 1.54) is 6.42 Å². The molecule has 2 rings (SSSR count). The summed E-state index contributed by atoms with van der Waals surface area (Å²) in [6.45, 7) is 8.91. The van der Waals surface area contributed by atoms with Gasteiger partial charge >= 0.3 is 0 Å². The molecule has 5 heteroatoms. The summed E-state index contributed by atoms with van der Waals surface area (Å²) in [5.41, 5.74) is 0. The van der Waals surface area contributed by atoms with Crippen molar-refractivity contribution in [2.75, 3.05) is 38.1 Å². The van der Waals surface area contributed by atoms with Crippen LogP contribution in [-0.4, -0.2) is 47.7 Å². The standard InChI is InChI=1S/C13H22N4O/c1-3-7-17-8-9-18-11(10-17)13-15-6-5-12(16-13)14-4-2/h5-6,11H,3-4,7-10H2,1-2H3,(H,14,15,16). The fourth-order valence-electron chi connectivity index (χ4n) is 2.19. The van der Waals surface area contributed by atoms with Crippen LogP contribution in [-0.2, 0) is 4.74 Å². The molecule has 1 aliphatic heterocycles. The van der Waals surface area contributed by atoms with E-state index in [0.717, 1.165) is 44.4 Å². The summed E-state index contributed by atoms with van der Waals surface area (Å²) in [7, 11) is 0. The van der Waals surface area contributed by atoms with Gasteiger partial charge in [-0.2, -0.15) is 0 Å². The normalized spacial score (nSPS) is 20.9. The molecule has 0 saturated carbocycles. The van der Waals surface area contributed by atoms with Crippen LogP contribution in [0.15, 0.2) is 12.3 Å². The molecule has 0 aromatic carbocycles. The quantitative estimate of drug-likeness (QED) is 0.862. The third kappa shape index (κ3) is 3.40. The van der Waals surface area contributed by atoms with Crippen LogP contribution in [0.2, 0.25) is 0 Å². The monoisotopic (exact) mass is 250 g/mol. The average Bonchev–Trinajstić information content (AvgIpc) is 2.40. The van der Waals surface area contributed by atoms with Gasteiger partial charge in [-0.25, -0.2) is 9.97 Å². The maximum Gasteiger partial charge on any atom is 0.160 e. The van der Waals surface area contributed by atoms with Crippen LogP contribution in [0.5, 0.6) is 0 Å². The van der Waals surface area contributed by atoms with Crippen molar-refractivity contribution < 1.29 is 4.74 Å². The Kier molecular flexibility index (Phi) is 4.90. The summed E-state index contributed by atoms with van der Waals surface area (Å²) in [5.74, 6) is 1.66. The first-order chi connectivity index (χ1) is 8.83. The Balaban J connectivity index is 2.03. The first-order valence-electron chi connectivity index (χ1n) is 6.74. The highest BCUT2D eigenvalue weighted by molar-refractivity contribution is 5.32. The first kappa shape index (κ1) is 13.2. The molecule has 0 aliphatic carbocycles. The molecule has 100 valence electrons. The fraction of sp³-hybridized carbons (Fsp3) is 0.692. The van der Waals surface area contributed by atoms with E-state index in [1.807, 2.05) is 6.07 Å². The van der Waals surface area contributed by atoms with Crippen LogP contribution < -0.4 is 5.32 Å². The lowest BCUT2D eigenvalue weighted by Gasteiger charge is -2.31. The SMILES string of the molecule is CCCN1CCOC(c2nccc(NCC)n2)C1. The van der Waals surface area contributed by atoms with Crippen molar-refractivity contribution >= 4 is 5.82 Å². The Bertz CT molecular complexity index is 370. The highest BCUT2D eigenvalue weighted by Crippen LogP contribution is 2.19. The minimum absolute atomic E-state index is 0.00362. The zero-order chi connectivity index (χ0) is 12.8. The maximum absolute atomic E-state index is 5.78. The molecule has 5 nitrogen and oxygen atoms in total. The van der Waals surface area contributed by atoms with Crippen LogP contribution in [0.25, 0.3) is 0 Å². The molecule has 2 heterocycles. The number of ether oxygens (including phenoxy) is 1. The van der Waals surface area contributed by atoms with E-state index < -0.39 is 0 Å². The Labute approximate surface area is 109 Å². The van der Waals surface area contributed by atoms with E-state index in [1.54, 1.807) is 6.20 Å². The maximum atomic E-state index is 5.78. The van der Waals surface area contributed by atoms with Gasteiger partial charge < -0.3 is 10.1 Å². The van der Waals surface area contributed by atoms with Gasteiger partial charge in [-0.05, 0) is 26.0 Å². The summed E-state index contributed by atoms with van der Waals surface area (Å²) in [6.07, 6.45) is 2.97. The second-order valence-corrected chi connectivity index (χ2v) is 4.49. The number of morpholine rings is 1. The summed E-state index contributed by atoms with van der Waals surface area (Å²) < 4.78 is 5.78. The van der Waals surface area contributed by atoms with E-state index in [0.29, 0.717) is 0 Å². The van der Waals surface area contributed by atoms with Gasteiger partial charge in [0.15, 0.2) is 5.82 Å². The van der Waals surface area contributed by atoms with Gasteiger partial charge in [0.2, 0.25) is 0 Å². The smallest absolute Gasteiger partial charge is 0.160 e. The lowest BCUT2D eigenvalue weighted by atomic mass is 10.2. The third-order valence-corrected chi connectivity index (χ3v) is 3.01. The number of hydrogen-bond donors (Lipinski definition) is 1. The van der Waals surface area contributed by atoms with E-state index in [2.05, 4.69) is 34.0 Å². The molecule has 0 radical (unpaired) electrons. The summed E-state index contributed by atoms with van der Waals surface area (Å²) in [6, 6.07) is 1.89. The molecule has 1 atom stereocenters.